The highest BCUT2D eigenvalue weighted by Crippen LogP contribution is 1.93. The van der Waals surface area contributed by atoms with E-state index in [9.17, 15) is 9.59 Å². The second-order valence-electron chi connectivity index (χ2n) is 2.66. The fourth-order valence-corrected chi connectivity index (χ4v) is 0.903. The minimum absolute atomic E-state index is 0.0534. The number of nitrogens with zero attached hydrogens (tertiary/aromatic N) is 1. The van der Waals surface area contributed by atoms with Crippen molar-refractivity contribution in [3.63, 3.8) is 0 Å². The fraction of sp³-hybridized carbons (Fsp3) is 0.600. The van der Waals surface area contributed by atoms with Crippen LogP contribution >= 0.6 is 0 Å². The Kier molecular flexibility index (Phi) is 7.05. The maximum Gasteiger partial charge on any atom is 0.409 e. The summed E-state index contributed by atoms with van der Waals surface area (Å²) in [5.41, 5.74) is 0. The molecule has 15 heavy (non-hydrogen) atoms. The smallest absolute Gasteiger partial charge is 0.409 e. The molecule has 0 N–H and O–H groups in total. The molecule has 0 aliphatic rings. The molecule has 0 bridgehead atoms. The second kappa shape index (κ2) is 7.84. The van der Waals surface area contributed by atoms with Crippen LogP contribution in [0.3, 0.4) is 0 Å². The van der Waals surface area contributed by atoms with Gasteiger partial charge in [0, 0.05) is 19.2 Å². The molecule has 0 aromatic heterocycles. The van der Waals surface area contributed by atoms with Gasteiger partial charge in [0.2, 0.25) is 0 Å². The van der Waals surface area contributed by atoms with Crippen LogP contribution < -0.4 is 0 Å². The highest BCUT2D eigenvalue weighted by Gasteiger charge is 2.09. The summed E-state index contributed by atoms with van der Waals surface area (Å²) in [6.07, 6.45) is 0.668. The predicted octanol–water partition coefficient (Wildman–Crippen LogP) is 1.19. The molecule has 0 saturated carbocycles. The first-order valence-corrected chi connectivity index (χ1v) is 4.86. The Morgan fingerprint density at radius 3 is 2.20 bits per heavy atom. The quantitative estimate of drug-likeness (QED) is 0.379. The number of rotatable bonds is 6. The zero-order valence-electron chi connectivity index (χ0n) is 9.19. The molecule has 1 amide bonds. The summed E-state index contributed by atoms with van der Waals surface area (Å²) in [6.45, 7) is 8.28. The Labute approximate surface area is 89.6 Å². The van der Waals surface area contributed by atoms with E-state index in [2.05, 4.69) is 11.3 Å². The van der Waals surface area contributed by atoms with Gasteiger partial charge in [-0.15, -0.1) is 0 Å². The zero-order valence-corrected chi connectivity index (χ0v) is 9.19. The molecule has 0 aromatic rings. The van der Waals surface area contributed by atoms with Crippen molar-refractivity contribution in [2.75, 3.05) is 26.3 Å². The van der Waals surface area contributed by atoms with Gasteiger partial charge in [-0.3, -0.25) is 0 Å². The number of esters is 1. The first-order valence-electron chi connectivity index (χ1n) is 4.86. The lowest BCUT2D eigenvalue weighted by Gasteiger charge is -2.17. The molecule has 0 heterocycles. The van der Waals surface area contributed by atoms with Crippen molar-refractivity contribution in [2.45, 2.75) is 13.8 Å². The molecule has 5 nitrogen and oxygen atoms in total. The maximum atomic E-state index is 11.3. The summed E-state index contributed by atoms with van der Waals surface area (Å²) in [5, 5.41) is 0. The van der Waals surface area contributed by atoms with Crippen LogP contribution in [0.25, 0.3) is 0 Å². The third kappa shape index (κ3) is 5.72. The van der Waals surface area contributed by atoms with Crippen molar-refractivity contribution in [1.82, 2.24) is 4.90 Å². The second-order valence-corrected chi connectivity index (χ2v) is 2.66. The number of hydrogen-bond acceptors (Lipinski definition) is 4. The van der Waals surface area contributed by atoms with Gasteiger partial charge in [-0.1, -0.05) is 6.58 Å². The molecular weight excluding hydrogens is 198 g/mol. The molecule has 0 unspecified atom stereocenters. The third-order valence-electron chi connectivity index (χ3n) is 1.74. The molecule has 5 heteroatoms. The largest absolute Gasteiger partial charge is 0.459 e. The van der Waals surface area contributed by atoms with Crippen molar-refractivity contribution < 1.29 is 19.1 Å². The molecule has 0 aromatic carbocycles. The van der Waals surface area contributed by atoms with E-state index in [1.807, 2.05) is 13.8 Å². The molecule has 0 aliphatic carbocycles. The van der Waals surface area contributed by atoms with Gasteiger partial charge in [0.25, 0.3) is 0 Å². The fourth-order valence-electron chi connectivity index (χ4n) is 0.903. The van der Waals surface area contributed by atoms with Crippen molar-refractivity contribution in [1.29, 1.82) is 0 Å². The summed E-state index contributed by atoms with van der Waals surface area (Å²) in [6, 6.07) is 0. The van der Waals surface area contributed by atoms with Crippen molar-refractivity contribution >= 4 is 12.1 Å². The normalized spacial score (nSPS) is 9.20. The minimum atomic E-state index is -0.520. The summed E-state index contributed by atoms with van der Waals surface area (Å²) >= 11 is 0. The first-order chi connectivity index (χ1) is 7.15. The molecule has 0 atom stereocenters. The number of amides is 1. The van der Waals surface area contributed by atoms with Gasteiger partial charge >= 0.3 is 12.1 Å². The van der Waals surface area contributed by atoms with Gasteiger partial charge in [0.05, 0.1) is 0 Å². The Bertz CT molecular complexity index is 223. The average Bonchev–Trinajstić information content (AvgIpc) is 2.25. The van der Waals surface area contributed by atoms with Crippen molar-refractivity contribution in [3.05, 3.63) is 12.7 Å². The van der Waals surface area contributed by atoms with E-state index in [4.69, 9.17) is 4.74 Å². The lowest BCUT2D eigenvalue weighted by atomic mass is 10.5. The highest BCUT2D eigenvalue weighted by molar-refractivity contribution is 5.81. The Morgan fingerprint density at radius 2 is 1.73 bits per heavy atom. The molecule has 86 valence electrons. The number of carbonyl (C=O) groups is 2. The number of hydrogen-bond donors (Lipinski definition) is 0. The van der Waals surface area contributed by atoms with Gasteiger partial charge in [0.1, 0.15) is 13.2 Å². The van der Waals surface area contributed by atoms with Gasteiger partial charge in [-0.25, -0.2) is 9.59 Å². The first kappa shape index (κ1) is 13.5. The summed E-state index contributed by atoms with van der Waals surface area (Å²) < 4.78 is 9.49. The van der Waals surface area contributed by atoms with E-state index >= 15 is 0 Å². The Hall–Kier alpha value is -1.52. The van der Waals surface area contributed by atoms with Crippen LogP contribution in [0.2, 0.25) is 0 Å². The number of ether oxygens (including phenoxy) is 2. The predicted molar refractivity (Wildman–Crippen MR) is 55.4 cm³/mol. The number of carbonyl (C=O) groups excluding carboxylic acids is 2. The van der Waals surface area contributed by atoms with Crippen LogP contribution in [0, 0.1) is 0 Å². The molecule has 0 fully saturated rings. The van der Waals surface area contributed by atoms with Gasteiger partial charge in [-0.05, 0) is 13.8 Å². The van der Waals surface area contributed by atoms with Crippen LogP contribution in [0.15, 0.2) is 12.7 Å². The van der Waals surface area contributed by atoms with E-state index in [1.54, 1.807) is 0 Å². The minimum Gasteiger partial charge on any atom is -0.459 e. The zero-order chi connectivity index (χ0) is 11.7. The lowest BCUT2D eigenvalue weighted by molar-refractivity contribution is -0.138. The van der Waals surface area contributed by atoms with Gasteiger partial charge in [-0.2, -0.15) is 0 Å². The van der Waals surface area contributed by atoms with Crippen LogP contribution in [-0.2, 0) is 14.3 Å². The SMILES string of the molecule is C=CC(=O)OCCOC(=O)N(CC)CC. The maximum absolute atomic E-state index is 11.3. The lowest BCUT2D eigenvalue weighted by Crippen LogP contribution is -2.31. The Morgan fingerprint density at radius 1 is 1.20 bits per heavy atom. The van der Waals surface area contributed by atoms with E-state index in [1.165, 1.54) is 4.90 Å². The summed E-state index contributed by atoms with van der Waals surface area (Å²) in [7, 11) is 0. The van der Waals surface area contributed by atoms with Crippen LogP contribution in [0.4, 0.5) is 4.79 Å². The van der Waals surface area contributed by atoms with Crippen LogP contribution in [0.1, 0.15) is 13.8 Å². The van der Waals surface area contributed by atoms with Gasteiger partial charge in [0.15, 0.2) is 0 Å². The highest BCUT2D eigenvalue weighted by atomic mass is 16.6. The molecular formula is C10H17NO4. The summed E-state index contributed by atoms with van der Waals surface area (Å²) in [4.78, 5) is 23.4. The average molecular weight is 215 g/mol. The van der Waals surface area contributed by atoms with Crippen LogP contribution in [0.5, 0.6) is 0 Å². The molecule has 0 saturated heterocycles. The van der Waals surface area contributed by atoms with E-state index in [0.29, 0.717) is 13.1 Å². The Balaban J connectivity index is 3.63. The van der Waals surface area contributed by atoms with E-state index in [-0.39, 0.29) is 13.2 Å². The van der Waals surface area contributed by atoms with Crippen LogP contribution in [-0.4, -0.2) is 43.3 Å². The van der Waals surface area contributed by atoms with Crippen molar-refractivity contribution in [2.24, 2.45) is 0 Å². The molecule has 0 spiro atoms. The van der Waals surface area contributed by atoms with Gasteiger partial charge < -0.3 is 14.4 Å². The molecule has 0 aliphatic heterocycles. The molecule has 0 radical (unpaired) electrons. The van der Waals surface area contributed by atoms with Crippen molar-refractivity contribution in [3.8, 4) is 0 Å². The standard InChI is InChI=1S/C10H17NO4/c1-4-9(12)14-7-8-15-10(13)11(5-2)6-3/h4H,1,5-8H2,2-3H3. The summed E-state index contributed by atoms with van der Waals surface area (Å²) in [5.74, 6) is -0.520. The monoisotopic (exact) mass is 215 g/mol. The van der Waals surface area contributed by atoms with E-state index < -0.39 is 12.1 Å². The molecule has 0 rings (SSSR count). The topological polar surface area (TPSA) is 55.8 Å². The third-order valence-corrected chi connectivity index (χ3v) is 1.74. The van der Waals surface area contributed by atoms with E-state index in [0.717, 1.165) is 6.08 Å².